The van der Waals surface area contributed by atoms with Crippen molar-refractivity contribution in [1.82, 2.24) is 5.32 Å². The Labute approximate surface area is 113 Å². The number of nitrogens with one attached hydrogen (secondary N) is 2. The molecule has 1 aromatic carbocycles. The summed E-state index contributed by atoms with van der Waals surface area (Å²) in [6, 6.07) is 5.41. The molecule has 2 fully saturated rings. The van der Waals surface area contributed by atoms with E-state index >= 15 is 0 Å². The van der Waals surface area contributed by atoms with E-state index in [1.54, 1.807) is 19.2 Å². The summed E-state index contributed by atoms with van der Waals surface area (Å²) in [5, 5.41) is 6.12. The molecule has 1 aromatic rings. The van der Waals surface area contributed by atoms with Gasteiger partial charge in [0.2, 0.25) is 0 Å². The molecule has 1 amide bonds. The van der Waals surface area contributed by atoms with Gasteiger partial charge >= 0.3 is 0 Å². The SMILES string of the molecule is CNC(=O)c1ccc(N)cc1NCC1(C2CC2)CC1. The van der Waals surface area contributed by atoms with Crippen LogP contribution in [0.25, 0.3) is 0 Å². The van der Waals surface area contributed by atoms with Crippen LogP contribution in [-0.4, -0.2) is 19.5 Å². The minimum absolute atomic E-state index is 0.0706. The number of anilines is 2. The number of nitrogens with two attached hydrogens (primary N) is 1. The molecule has 0 heterocycles. The fourth-order valence-corrected chi connectivity index (χ4v) is 2.90. The van der Waals surface area contributed by atoms with E-state index in [0.717, 1.165) is 18.2 Å². The average molecular weight is 259 g/mol. The summed E-state index contributed by atoms with van der Waals surface area (Å²) in [6.45, 7) is 0.963. The Bertz CT molecular complexity index is 504. The molecular formula is C15H21N3O. The van der Waals surface area contributed by atoms with Gasteiger partial charge in [0.1, 0.15) is 0 Å². The molecule has 0 bridgehead atoms. The zero-order valence-corrected chi connectivity index (χ0v) is 11.3. The highest BCUT2D eigenvalue weighted by Gasteiger charge is 2.53. The molecule has 0 atom stereocenters. The van der Waals surface area contributed by atoms with Gasteiger partial charge in [0, 0.05) is 25.0 Å². The number of hydrogen-bond acceptors (Lipinski definition) is 3. The lowest BCUT2D eigenvalue weighted by atomic mass is 10.0. The molecule has 3 rings (SSSR count). The number of benzene rings is 1. The molecule has 102 valence electrons. The van der Waals surface area contributed by atoms with Crippen LogP contribution in [0.5, 0.6) is 0 Å². The maximum absolute atomic E-state index is 11.8. The van der Waals surface area contributed by atoms with E-state index in [2.05, 4.69) is 10.6 Å². The Hall–Kier alpha value is -1.71. The number of rotatable bonds is 5. The van der Waals surface area contributed by atoms with Crippen LogP contribution in [0.1, 0.15) is 36.0 Å². The first-order valence-corrected chi connectivity index (χ1v) is 7.00. The van der Waals surface area contributed by atoms with Gasteiger partial charge in [-0.3, -0.25) is 4.79 Å². The molecule has 4 heteroatoms. The van der Waals surface area contributed by atoms with Gasteiger partial charge in [-0.05, 0) is 55.2 Å². The second-order valence-electron chi connectivity index (χ2n) is 5.87. The standard InChI is InChI=1S/C15H21N3O/c1-17-14(19)12-5-4-11(16)8-13(12)18-9-15(6-7-15)10-2-3-10/h4-5,8,10,18H,2-3,6-7,9,16H2,1H3,(H,17,19). The molecule has 2 aliphatic carbocycles. The van der Waals surface area contributed by atoms with E-state index in [1.807, 2.05) is 6.07 Å². The Morgan fingerprint density at radius 1 is 1.42 bits per heavy atom. The molecule has 0 aromatic heterocycles. The third-order valence-electron chi connectivity index (χ3n) is 4.48. The van der Waals surface area contributed by atoms with Gasteiger partial charge in [-0.15, -0.1) is 0 Å². The molecule has 0 radical (unpaired) electrons. The quantitative estimate of drug-likeness (QED) is 0.710. The maximum Gasteiger partial charge on any atom is 0.253 e. The van der Waals surface area contributed by atoms with Crippen molar-refractivity contribution in [3.63, 3.8) is 0 Å². The van der Waals surface area contributed by atoms with Gasteiger partial charge in [0.15, 0.2) is 0 Å². The number of hydrogen-bond donors (Lipinski definition) is 3. The summed E-state index contributed by atoms with van der Waals surface area (Å²) in [5.41, 5.74) is 8.54. The molecule has 4 nitrogen and oxygen atoms in total. The van der Waals surface area contributed by atoms with Crippen molar-refractivity contribution in [2.24, 2.45) is 11.3 Å². The van der Waals surface area contributed by atoms with Crippen LogP contribution in [0.4, 0.5) is 11.4 Å². The second-order valence-corrected chi connectivity index (χ2v) is 5.87. The van der Waals surface area contributed by atoms with Crippen molar-refractivity contribution >= 4 is 17.3 Å². The van der Waals surface area contributed by atoms with Crippen LogP contribution >= 0.6 is 0 Å². The number of amides is 1. The Morgan fingerprint density at radius 3 is 2.74 bits per heavy atom. The van der Waals surface area contributed by atoms with Crippen LogP contribution in [0, 0.1) is 11.3 Å². The lowest BCUT2D eigenvalue weighted by molar-refractivity contribution is 0.0964. The Kier molecular flexibility index (Phi) is 2.88. The fraction of sp³-hybridized carbons (Fsp3) is 0.533. The highest BCUT2D eigenvalue weighted by Crippen LogP contribution is 2.61. The monoisotopic (exact) mass is 259 g/mol. The predicted molar refractivity (Wildman–Crippen MR) is 77.1 cm³/mol. The largest absolute Gasteiger partial charge is 0.399 e. The van der Waals surface area contributed by atoms with E-state index < -0.39 is 0 Å². The molecule has 19 heavy (non-hydrogen) atoms. The summed E-state index contributed by atoms with van der Waals surface area (Å²) in [5.74, 6) is 0.836. The zero-order chi connectivity index (χ0) is 13.5. The number of nitrogen functional groups attached to an aromatic ring is 1. The first-order chi connectivity index (χ1) is 9.14. The van der Waals surface area contributed by atoms with Crippen LogP contribution < -0.4 is 16.4 Å². The molecule has 0 spiro atoms. The van der Waals surface area contributed by atoms with Crippen LogP contribution in [0.15, 0.2) is 18.2 Å². The first kappa shape index (κ1) is 12.3. The van der Waals surface area contributed by atoms with E-state index in [0.29, 0.717) is 16.7 Å². The van der Waals surface area contributed by atoms with E-state index in [4.69, 9.17) is 5.73 Å². The Morgan fingerprint density at radius 2 is 2.16 bits per heavy atom. The smallest absolute Gasteiger partial charge is 0.253 e. The van der Waals surface area contributed by atoms with Gasteiger partial charge < -0.3 is 16.4 Å². The topological polar surface area (TPSA) is 67.2 Å². The molecule has 4 N–H and O–H groups in total. The normalized spacial score (nSPS) is 19.8. The summed E-state index contributed by atoms with van der Waals surface area (Å²) < 4.78 is 0. The van der Waals surface area contributed by atoms with Gasteiger partial charge in [0.25, 0.3) is 5.91 Å². The van der Waals surface area contributed by atoms with Gasteiger partial charge in [-0.1, -0.05) is 0 Å². The van der Waals surface area contributed by atoms with E-state index in [1.165, 1.54) is 25.7 Å². The summed E-state index contributed by atoms with van der Waals surface area (Å²) in [4.78, 5) is 11.8. The van der Waals surface area contributed by atoms with Crippen LogP contribution in [-0.2, 0) is 0 Å². The minimum Gasteiger partial charge on any atom is -0.399 e. The second kappa shape index (κ2) is 4.44. The van der Waals surface area contributed by atoms with Gasteiger partial charge in [-0.2, -0.15) is 0 Å². The molecular weight excluding hydrogens is 238 g/mol. The maximum atomic E-state index is 11.8. The third kappa shape index (κ3) is 2.39. The van der Waals surface area contributed by atoms with Gasteiger partial charge in [-0.25, -0.2) is 0 Å². The lowest BCUT2D eigenvalue weighted by Crippen LogP contribution is -2.22. The van der Waals surface area contributed by atoms with Crippen molar-refractivity contribution in [3.05, 3.63) is 23.8 Å². The van der Waals surface area contributed by atoms with Crippen molar-refractivity contribution < 1.29 is 4.79 Å². The van der Waals surface area contributed by atoms with Crippen molar-refractivity contribution in [1.29, 1.82) is 0 Å². The minimum atomic E-state index is -0.0706. The number of carbonyl (C=O) groups is 1. The average Bonchev–Trinajstić information content (AvgIpc) is 3.28. The Balaban J connectivity index is 1.75. The molecule has 0 saturated heterocycles. The summed E-state index contributed by atoms with van der Waals surface area (Å²) in [6.07, 6.45) is 5.40. The van der Waals surface area contributed by atoms with E-state index in [9.17, 15) is 4.79 Å². The molecule has 2 saturated carbocycles. The van der Waals surface area contributed by atoms with E-state index in [-0.39, 0.29) is 5.91 Å². The highest BCUT2D eigenvalue weighted by atomic mass is 16.1. The molecule has 0 unspecified atom stereocenters. The zero-order valence-electron chi connectivity index (χ0n) is 11.3. The molecule has 0 aliphatic heterocycles. The first-order valence-electron chi connectivity index (χ1n) is 7.00. The van der Waals surface area contributed by atoms with Crippen molar-refractivity contribution in [3.8, 4) is 0 Å². The molecule has 2 aliphatic rings. The number of carbonyl (C=O) groups excluding carboxylic acids is 1. The summed E-state index contributed by atoms with van der Waals surface area (Å²) >= 11 is 0. The van der Waals surface area contributed by atoms with Crippen molar-refractivity contribution in [2.45, 2.75) is 25.7 Å². The fourth-order valence-electron chi connectivity index (χ4n) is 2.90. The lowest BCUT2D eigenvalue weighted by Gasteiger charge is -2.18. The van der Waals surface area contributed by atoms with Gasteiger partial charge in [0.05, 0.1) is 5.56 Å². The summed E-state index contributed by atoms with van der Waals surface area (Å²) in [7, 11) is 1.65. The van der Waals surface area contributed by atoms with Crippen molar-refractivity contribution in [2.75, 3.05) is 24.6 Å². The van der Waals surface area contributed by atoms with Crippen LogP contribution in [0.2, 0.25) is 0 Å². The third-order valence-corrected chi connectivity index (χ3v) is 4.48. The predicted octanol–water partition coefficient (Wildman–Crippen LogP) is 2.23. The highest BCUT2D eigenvalue weighted by molar-refractivity contribution is 6.00. The van der Waals surface area contributed by atoms with Crippen LogP contribution in [0.3, 0.4) is 0 Å².